The van der Waals surface area contributed by atoms with Crippen LogP contribution in [0.2, 0.25) is 0 Å². The summed E-state index contributed by atoms with van der Waals surface area (Å²) in [5.74, 6) is -0.196. The highest BCUT2D eigenvalue weighted by Gasteiger charge is 2.24. The van der Waals surface area contributed by atoms with E-state index in [0.29, 0.717) is 6.04 Å². The fourth-order valence-electron chi connectivity index (χ4n) is 3.48. The van der Waals surface area contributed by atoms with Crippen molar-refractivity contribution in [3.63, 3.8) is 0 Å². The van der Waals surface area contributed by atoms with E-state index in [1.807, 2.05) is 50.4 Å². The highest BCUT2D eigenvalue weighted by atomic mass is 19.1. The van der Waals surface area contributed by atoms with E-state index < -0.39 is 0 Å². The number of nitrogens with zero attached hydrogens (tertiary/aromatic N) is 1. The molecule has 1 amide bonds. The molecular weight excluding hydrogens is 353 g/mol. The summed E-state index contributed by atoms with van der Waals surface area (Å²) in [6, 6.07) is 15.3. The fourth-order valence-corrected chi connectivity index (χ4v) is 3.48. The number of amides is 1. The largest absolute Gasteiger partial charge is 0.342 e. The highest BCUT2D eigenvalue weighted by molar-refractivity contribution is 5.91. The summed E-state index contributed by atoms with van der Waals surface area (Å²) in [5.41, 5.74) is 9.90. The van der Waals surface area contributed by atoms with Crippen LogP contribution in [0.5, 0.6) is 0 Å². The number of hydrazine groups is 1. The Morgan fingerprint density at radius 1 is 1.21 bits per heavy atom. The number of halogens is 1. The molecule has 5 heteroatoms. The van der Waals surface area contributed by atoms with Gasteiger partial charge in [-0.25, -0.2) is 4.39 Å². The summed E-state index contributed by atoms with van der Waals surface area (Å²) in [4.78, 5) is 14.0. The van der Waals surface area contributed by atoms with E-state index in [-0.39, 0.29) is 17.8 Å². The van der Waals surface area contributed by atoms with Crippen molar-refractivity contribution in [3.05, 3.63) is 77.1 Å². The molecule has 4 nitrogen and oxygen atoms in total. The third-order valence-corrected chi connectivity index (χ3v) is 5.14. The molecule has 1 aliphatic rings. The van der Waals surface area contributed by atoms with E-state index in [0.717, 1.165) is 36.9 Å². The third kappa shape index (κ3) is 5.75. The van der Waals surface area contributed by atoms with Gasteiger partial charge in [0.2, 0.25) is 5.91 Å². The van der Waals surface area contributed by atoms with Gasteiger partial charge in [-0.2, -0.15) is 0 Å². The Kier molecular flexibility index (Phi) is 6.95. The zero-order chi connectivity index (χ0) is 19.9. The Bertz CT molecular complexity index is 819. The Balaban J connectivity index is 1.39. The van der Waals surface area contributed by atoms with Gasteiger partial charge in [0.05, 0.1) is 0 Å². The van der Waals surface area contributed by atoms with Crippen molar-refractivity contribution in [2.75, 3.05) is 13.6 Å². The zero-order valence-electron chi connectivity index (χ0n) is 16.5. The van der Waals surface area contributed by atoms with Crippen LogP contribution >= 0.6 is 0 Å². The van der Waals surface area contributed by atoms with Gasteiger partial charge in [0.1, 0.15) is 5.82 Å². The summed E-state index contributed by atoms with van der Waals surface area (Å²) in [6.07, 6.45) is 6.35. The first-order chi connectivity index (χ1) is 13.5. The SMILES string of the molecule is Cc1cccc(/C=C/C(=O)N(C)CCCC2CC(c3ccc(F)cc3)NN2)c1. The molecule has 0 radical (unpaired) electrons. The third-order valence-electron chi connectivity index (χ3n) is 5.14. The first kappa shape index (κ1) is 20.2. The van der Waals surface area contributed by atoms with E-state index in [4.69, 9.17) is 0 Å². The maximum Gasteiger partial charge on any atom is 0.246 e. The van der Waals surface area contributed by atoms with Crippen LogP contribution in [0.1, 0.15) is 42.0 Å². The molecule has 0 aromatic heterocycles. The van der Waals surface area contributed by atoms with Crippen molar-refractivity contribution >= 4 is 12.0 Å². The summed E-state index contributed by atoms with van der Waals surface area (Å²) in [6.45, 7) is 2.76. The smallest absolute Gasteiger partial charge is 0.246 e. The molecule has 0 spiro atoms. The standard InChI is InChI=1S/C23H28FN3O/c1-17-5-3-6-18(15-17)8-13-23(28)27(2)14-4-7-21-16-22(26-25-21)19-9-11-20(24)12-10-19/h3,5-6,8-13,15,21-22,25-26H,4,7,14,16H2,1-2H3/b13-8+. The molecule has 1 heterocycles. The molecule has 0 aliphatic carbocycles. The van der Waals surface area contributed by atoms with Crippen LogP contribution in [0.15, 0.2) is 54.6 Å². The first-order valence-electron chi connectivity index (χ1n) is 9.77. The molecule has 3 rings (SSSR count). The highest BCUT2D eigenvalue weighted by Crippen LogP contribution is 2.24. The Labute approximate surface area is 166 Å². The second kappa shape index (κ2) is 9.62. The lowest BCUT2D eigenvalue weighted by atomic mass is 9.99. The van der Waals surface area contributed by atoms with Crippen molar-refractivity contribution in [3.8, 4) is 0 Å². The van der Waals surface area contributed by atoms with Crippen molar-refractivity contribution in [2.24, 2.45) is 0 Å². The second-order valence-corrected chi connectivity index (χ2v) is 7.47. The molecule has 148 valence electrons. The van der Waals surface area contributed by atoms with Crippen LogP contribution in [0.25, 0.3) is 6.08 Å². The van der Waals surface area contributed by atoms with Gasteiger partial charge in [-0.1, -0.05) is 42.0 Å². The van der Waals surface area contributed by atoms with Crippen molar-refractivity contribution in [2.45, 2.75) is 38.3 Å². The number of carbonyl (C=O) groups excluding carboxylic acids is 1. The average molecular weight is 381 g/mol. The van der Waals surface area contributed by atoms with Crippen LogP contribution < -0.4 is 10.9 Å². The maximum atomic E-state index is 13.1. The fraction of sp³-hybridized carbons (Fsp3) is 0.348. The van der Waals surface area contributed by atoms with Crippen molar-refractivity contribution < 1.29 is 9.18 Å². The predicted molar refractivity (Wildman–Crippen MR) is 111 cm³/mol. The van der Waals surface area contributed by atoms with E-state index in [2.05, 4.69) is 16.9 Å². The molecule has 2 aromatic carbocycles. The number of benzene rings is 2. The molecule has 1 saturated heterocycles. The van der Waals surface area contributed by atoms with Crippen LogP contribution in [-0.4, -0.2) is 30.4 Å². The minimum atomic E-state index is -0.213. The van der Waals surface area contributed by atoms with Gasteiger partial charge in [-0.3, -0.25) is 15.6 Å². The van der Waals surface area contributed by atoms with Gasteiger partial charge in [0.25, 0.3) is 0 Å². The maximum absolute atomic E-state index is 13.1. The molecule has 1 aliphatic heterocycles. The normalized spacial score (nSPS) is 19.2. The first-order valence-corrected chi connectivity index (χ1v) is 9.77. The molecule has 2 unspecified atom stereocenters. The van der Waals surface area contributed by atoms with Gasteiger partial charge in [0, 0.05) is 31.8 Å². The molecule has 2 atom stereocenters. The van der Waals surface area contributed by atoms with E-state index in [9.17, 15) is 9.18 Å². The molecule has 0 bridgehead atoms. The molecule has 2 aromatic rings. The molecule has 1 fully saturated rings. The average Bonchev–Trinajstić information content (AvgIpc) is 3.15. The number of likely N-dealkylation sites (N-methyl/N-ethyl adjacent to an activating group) is 1. The van der Waals surface area contributed by atoms with Crippen LogP contribution in [0.4, 0.5) is 4.39 Å². The van der Waals surface area contributed by atoms with Crippen LogP contribution in [-0.2, 0) is 4.79 Å². The lowest BCUT2D eigenvalue weighted by Gasteiger charge is -2.16. The molecule has 2 N–H and O–H groups in total. The number of hydrogen-bond donors (Lipinski definition) is 2. The minimum absolute atomic E-state index is 0.0169. The van der Waals surface area contributed by atoms with E-state index in [1.54, 1.807) is 11.0 Å². The summed E-state index contributed by atoms with van der Waals surface area (Å²) in [7, 11) is 1.84. The van der Waals surface area contributed by atoms with Crippen molar-refractivity contribution in [1.82, 2.24) is 15.8 Å². The van der Waals surface area contributed by atoms with Gasteiger partial charge >= 0.3 is 0 Å². The number of carbonyl (C=O) groups is 1. The van der Waals surface area contributed by atoms with E-state index in [1.165, 1.54) is 17.7 Å². The van der Waals surface area contributed by atoms with Crippen molar-refractivity contribution in [1.29, 1.82) is 0 Å². The lowest BCUT2D eigenvalue weighted by Crippen LogP contribution is -2.32. The quantitative estimate of drug-likeness (QED) is 0.713. The lowest BCUT2D eigenvalue weighted by molar-refractivity contribution is -0.124. The summed E-state index contributed by atoms with van der Waals surface area (Å²) < 4.78 is 13.1. The predicted octanol–water partition coefficient (Wildman–Crippen LogP) is 3.99. The summed E-state index contributed by atoms with van der Waals surface area (Å²) >= 11 is 0. The molecule has 0 saturated carbocycles. The van der Waals surface area contributed by atoms with Gasteiger partial charge in [0.15, 0.2) is 0 Å². The number of aryl methyl sites for hydroxylation is 1. The van der Waals surface area contributed by atoms with Crippen LogP contribution in [0, 0.1) is 12.7 Å². The second-order valence-electron chi connectivity index (χ2n) is 7.47. The Morgan fingerprint density at radius 3 is 2.75 bits per heavy atom. The van der Waals surface area contributed by atoms with Gasteiger partial charge < -0.3 is 4.90 Å². The zero-order valence-corrected chi connectivity index (χ0v) is 16.5. The summed E-state index contributed by atoms with van der Waals surface area (Å²) in [5, 5.41) is 0. The number of nitrogens with one attached hydrogen (secondary N) is 2. The number of hydrogen-bond acceptors (Lipinski definition) is 3. The van der Waals surface area contributed by atoms with Crippen LogP contribution in [0.3, 0.4) is 0 Å². The monoisotopic (exact) mass is 381 g/mol. The topological polar surface area (TPSA) is 44.4 Å². The van der Waals surface area contributed by atoms with E-state index >= 15 is 0 Å². The Hall–Kier alpha value is -2.50. The Morgan fingerprint density at radius 2 is 2.00 bits per heavy atom. The minimum Gasteiger partial charge on any atom is -0.342 e. The number of rotatable bonds is 7. The molecular formula is C23H28FN3O. The molecule has 28 heavy (non-hydrogen) atoms. The van der Waals surface area contributed by atoms with Gasteiger partial charge in [-0.15, -0.1) is 0 Å². The van der Waals surface area contributed by atoms with Gasteiger partial charge in [-0.05, 0) is 55.5 Å².